The topological polar surface area (TPSA) is 89.3 Å². The van der Waals surface area contributed by atoms with Gasteiger partial charge in [-0.05, 0) is 67.2 Å². The smallest absolute Gasteiger partial charge is 0.347 e. The second kappa shape index (κ2) is 9.45. The molecule has 0 unspecified atom stereocenters. The van der Waals surface area contributed by atoms with Crippen molar-refractivity contribution in [1.29, 1.82) is 5.26 Å². The van der Waals surface area contributed by atoms with Crippen LogP contribution in [0.1, 0.15) is 45.8 Å². The predicted molar refractivity (Wildman–Crippen MR) is 135 cm³/mol. The second-order valence-electron chi connectivity index (χ2n) is 8.77. The van der Waals surface area contributed by atoms with E-state index in [4.69, 9.17) is 17.5 Å². The van der Waals surface area contributed by atoms with E-state index in [1.165, 1.54) is 34.4 Å². The fourth-order valence-corrected chi connectivity index (χ4v) is 5.71. The van der Waals surface area contributed by atoms with Crippen LogP contribution in [-0.4, -0.2) is 27.4 Å². The normalized spacial score (nSPS) is 16.5. The summed E-state index contributed by atoms with van der Waals surface area (Å²) in [5.74, 6) is -2.02. The lowest BCUT2D eigenvalue weighted by Gasteiger charge is -2.43. The van der Waals surface area contributed by atoms with E-state index in [1.807, 2.05) is 17.5 Å². The molecule has 0 radical (unpaired) electrons. The van der Waals surface area contributed by atoms with E-state index < -0.39 is 40.6 Å². The number of benzene rings is 1. The number of carbonyl (C=O) groups excluding carboxylic acids is 2. The number of hydrogen-bond acceptors (Lipinski definition) is 6. The van der Waals surface area contributed by atoms with E-state index in [-0.39, 0.29) is 28.6 Å². The van der Waals surface area contributed by atoms with E-state index in [0.717, 1.165) is 22.0 Å². The van der Waals surface area contributed by atoms with Crippen molar-refractivity contribution in [2.24, 2.45) is 0 Å². The Morgan fingerprint density at radius 3 is 2.58 bits per heavy atom. The predicted octanol–water partition coefficient (Wildman–Crippen LogP) is 5.16. The van der Waals surface area contributed by atoms with Gasteiger partial charge >= 0.3 is 6.18 Å². The summed E-state index contributed by atoms with van der Waals surface area (Å²) in [5, 5.41) is 13.4. The van der Waals surface area contributed by atoms with E-state index in [0.29, 0.717) is 25.3 Å². The van der Waals surface area contributed by atoms with Crippen LogP contribution in [0.5, 0.6) is 0 Å². The van der Waals surface area contributed by atoms with Gasteiger partial charge in [0.1, 0.15) is 17.4 Å². The molecule has 1 spiro atoms. The Kier molecular flexibility index (Phi) is 6.40. The highest BCUT2D eigenvalue weighted by Gasteiger charge is 2.60. The first-order chi connectivity index (χ1) is 18.1. The SMILES string of the molecule is N#Cc1ncc(N2C(=O)C3(CCC3)N(c3ccc(C(=O)NCc4cccs4)c(F)c3)C2=S)cc1C(F)(F)F. The Balaban J connectivity index is 1.47. The molecule has 2 aliphatic rings. The lowest BCUT2D eigenvalue weighted by Crippen LogP contribution is -2.55. The quantitative estimate of drug-likeness (QED) is 0.343. The number of nitriles is 1. The number of aromatic nitrogens is 1. The van der Waals surface area contributed by atoms with Gasteiger partial charge in [-0.1, -0.05) is 6.07 Å². The van der Waals surface area contributed by atoms with Gasteiger partial charge in [0.25, 0.3) is 11.8 Å². The highest BCUT2D eigenvalue weighted by Crippen LogP contribution is 2.48. The zero-order valence-electron chi connectivity index (χ0n) is 19.4. The van der Waals surface area contributed by atoms with E-state index in [9.17, 15) is 22.8 Å². The third-order valence-corrected chi connectivity index (χ3v) is 7.84. The summed E-state index contributed by atoms with van der Waals surface area (Å²) in [4.78, 5) is 32.9. The van der Waals surface area contributed by atoms with Gasteiger partial charge in [0.15, 0.2) is 10.8 Å². The van der Waals surface area contributed by atoms with Crippen LogP contribution in [0.2, 0.25) is 0 Å². The van der Waals surface area contributed by atoms with E-state index in [2.05, 4.69) is 10.3 Å². The molecule has 2 aromatic heterocycles. The van der Waals surface area contributed by atoms with Gasteiger partial charge in [-0.3, -0.25) is 14.5 Å². The van der Waals surface area contributed by atoms with Crippen LogP contribution in [0.15, 0.2) is 48.0 Å². The maximum absolute atomic E-state index is 15.1. The van der Waals surface area contributed by atoms with Crippen LogP contribution in [0, 0.1) is 17.1 Å². The number of amides is 2. The maximum atomic E-state index is 15.1. The Labute approximate surface area is 223 Å². The van der Waals surface area contributed by atoms with Gasteiger partial charge in [0.2, 0.25) is 0 Å². The Hall–Kier alpha value is -3.89. The van der Waals surface area contributed by atoms with Crippen molar-refractivity contribution < 1.29 is 27.2 Å². The lowest BCUT2D eigenvalue weighted by molar-refractivity contribution is -0.138. The summed E-state index contributed by atoms with van der Waals surface area (Å²) >= 11 is 6.97. The van der Waals surface area contributed by atoms with Crippen LogP contribution < -0.4 is 15.1 Å². The first-order valence-corrected chi connectivity index (χ1v) is 12.6. The molecule has 7 nitrogen and oxygen atoms in total. The summed E-state index contributed by atoms with van der Waals surface area (Å²) in [6.07, 6.45) is -2.54. The van der Waals surface area contributed by atoms with Crippen molar-refractivity contribution in [3.05, 3.63) is 75.5 Å². The molecule has 1 saturated carbocycles. The number of halogens is 4. The van der Waals surface area contributed by atoms with Gasteiger partial charge in [-0.25, -0.2) is 9.37 Å². The third-order valence-electron chi connectivity index (χ3n) is 6.59. The number of hydrogen-bond donors (Lipinski definition) is 1. The number of nitrogens with zero attached hydrogens (tertiary/aromatic N) is 4. The number of alkyl halides is 3. The summed E-state index contributed by atoms with van der Waals surface area (Å²) < 4.78 is 55.7. The minimum atomic E-state index is -4.88. The number of carbonyl (C=O) groups is 2. The number of rotatable bonds is 5. The summed E-state index contributed by atoms with van der Waals surface area (Å²) in [7, 11) is 0. The minimum Gasteiger partial charge on any atom is -0.347 e. The number of nitrogens with one attached hydrogen (secondary N) is 1. The van der Waals surface area contributed by atoms with Gasteiger partial charge in [-0.15, -0.1) is 11.3 Å². The molecule has 5 rings (SSSR count). The first-order valence-electron chi connectivity index (χ1n) is 11.3. The van der Waals surface area contributed by atoms with Gasteiger partial charge < -0.3 is 10.2 Å². The molecule has 0 atom stereocenters. The molecule has 194 valence electrons. The standard InChI is InChI=1S/C25H17F4N5O2S2/c26-19-10-14(4-5-17(19)21(35)32-13-16-3-1-8-38-16)34-23(37)33(22(36)24(34)6-2-7-24)15-9-18(25(27,28)29)20(11-30)31-12-15/h1,3-5,8-10,12H,2,6-7,13H2,(H,32,35). The first kappa shape index (κ1) is 25.7. The molecule has 1 saturated heterocycles. The fourth-order valence-electron chi connectivity index (χ4n) is 4.59. The molecule has 38 heavy (non-hydrogen) atoms. The largest absolute Gasteiger partial charge is 0.419 e. The number of anilines is 2. The average molecular weight is 560 g/mol. The molecule has 13 heteroatoms. The molecular weight excluding hydrogens is 542 g/mol. The molecule has 3 heterocycles. The molecule has 1 aromatic carbocycles. The number of pyridine rings is 1. The zero-order chi connectivity index (χ0) is 27.2. The molecular formula is C25H17F4N5O2S2. The molecule has 0 bridgehead atoms. The van der Waals surface area contributed by atoms with Crippen molar-refractivity contribution in [3.8, 4) is 6.07 Å². The van der Waals surface area contributed by atoms with Crippen LogP contribution in [0.3, 0.4) is 0 Å². The van der Waals surface area contributed by atoms with Crippen LogP contribution in [0.4, 0.5) is 28.9 Å². The zero-order valence-corrected chi connectivity index (χ0v) is 21.0. The lowest BCUT2D eigenvalue weighted by atomic mass is 9.75. The van der Waals surface area contributed by atoms with E-state index in [1.54, 1.807) is 0 Å². The van der Waals surface area contributed by atoms with Crippen LogP contribution in [0.25, 0.3) is 0 Å². The van der Waals surface area contributed by atoms with Crippen LogP contribution in [-0.2, 0) is 17.5 Å². The van der Waals surface area contributed by atoms with Crippen LogP contribution >= 0.6 is 23.6 Å². The van der Waals surface area contributed by atoms with Crippen molar-refractivity contribution in [2.75, 3.05) is 9.80 Å². The highest BCUT2D eigenvalue weighted by molar-refractivity contribution is 7.81. The third kappa shape index (κ3) is 4.19. The molecule has 1 aliphatic carbocycles. The monoisotopic (exact) mass is 559 g/mol. The fraction of sp³-hybridized carbons (Fsp3) is 0.240. The highest BCUT2D eigenvalue weighted by atomic mass is 32.1. The van der Waals surface area contributed by atoms with Crippen molar-refractivity contribution >= 4 is 51.9 Å². The van der Waals surface area contributed by atoms with E-state index >= 15 is 4.39 Å². The van der Waals surface area contributed by atoms with Crippen molar-refractivity contribution in [3.63, 3.8) is 0 Å². The van der Waals surface area contributed by atoms with Gasteiger partial charge in [0.05, 0.1) is 29.6 Å². The Bertz CT molecular complexity index is 1500. The average Bonchev–Trinajstić information content (AvgIpc) is 3.45. The molecule has 3 aromatic rings. The molecule has 2 amide bonds. The van der Waals surface area contributed by atoms with Crippen molar-refractivity contribution in [2.45, 2.75) is 37.5 Å². The summed E-state index contributed by atoms with van der Waals surface area (Å²) in [6.45, 7) is 0.235. The minimum absolute atomic E-state index is 0.149. The van der Waals surface area contributed by atoms with Gasteiger partial charge in [-0.2, -0.15) is 18.4 Å². The number of thiophene rings is 1. The number of thiocarbonyl (C=S) groups is 1. The summed E-state index contributed by atoms with van der Waals surface area (Å²) in [6, 6.07) is 9.54. The Morgan fingerprint density at radius 1 is 1.24 bits per heavy atom. The summed E-state index contributed by atoms with van der Waals surface area (Å²) in [5.41, 5.74) is -3.58. The second-order valence-corrected chi connectivity index (χ2v) is 10.2. The van der Waals surface area contributed by atoms with Crippen molar-refractivity contribution in [1.82, 2.24) is 10.3 Å². The molecule has 1 aliphatic heterocycles. The Morgan fingerprint density at radius 2 is 2.00 bits per heavy atom. The molecule has 1 N–H and O–H groups in total. The molecule has 2 fully saturated rings. The maximum Gasteiger partial charge on any atom is 0.419 e. The van der Waals surface area contributed by atoms with Gasteiger partial charge in [0, 0.05) is 10.6 Å².